The average molecular weight is 307 g/mol. The molecule has 1 amide bonds. The number of hydrogen-bond acceptors (Lipinski definition) is 2. The number of rotatable bonds is 4. The van der Waals surface area contributed by atoms with Crippen LogP contribution in [0.15, 0.2) is 66.1 Å². The van der Waals surface area contributed by atoms with E-state index in [0.29, 0.717) is 0 Å². The van der Waals surface area contributed by atoms with Crippen LogP contribution in [0.1, 0.15) is 23.4 Å². The summed E-state index contributed by atoms with van der Waals surface area (Å²) in [6.45, 7) is 2.00. The number of carbonyl (C=O) groups is 1. The van der Waals surface area contributed by atoms with Crippen LogP contribution in [0.4, 0.5) is 0 Å². The molecule has 1 heterocycles. The second-order valence-electron chi connectivity index (χ2n) is 5.19. The van der Waals surface area contributed by atoms with Gasteiger partial charge < -0.3 is 5.32 Å². The van der Waals surface area contributed by atoms with E-state index in [0.717, 1.165) is 10.4 Å². The zero-order valence-electron chi connectivity index (χ0n) is 12.3. The van der Waals surface area contributed by atoms with Gasteiger partial charge in [0.15, 0.2) is 0 Å². The predicted octanol–water partition coefficient (Wildman–Crippen LogP) is 4.79. The van der Waals surface area contributed by atoms with Crippen LogP contribution in [0.5, 0.6) is 0 Å². The summed E-state index contributed by atoms with van der Waals surface area (Å²) >= 11 is 1.61. The lowest BCUT2D eigenvalue weighted by atomic mass is 10.0. The van der Waals surface area contributed by atoms with Gasteiger partial charge in [-0.05, 0) is 46.8 Å². The molecule has 3 aromatic rings. The number of carbonyl (C=O) groups excluding carboxylic acids is 1. The highest BCUT2D eigenvalue weighted by molar-refractivity contribution is 7.10. The first-order chi connectivity index (χ1) is 10.7. The summed E-state index contributed by atoms with van der Waals surface area (Å²) in [7, 11) is 0. The second-order valence-corrected chi connectivity index (χ2v) is 6.16. The fourth-order valence-electron chi connectivity index (χ4n) is 2.37. The quantitative estimate of drug-likeness (QED) is 0.690. The van der Waals surface area contributed by atoms with Gasteiger partial charge in [0.2, 0.25) is 5.91 Å². The van der Waals surface area contributed by atoms with Gasteiger partial charge in [0.25, 0.3) is 0 Å². The molecule has 0 spiro atoms. The van der Waals surface area contributed by atoms with Crippen LogP contribution in [-0.4, -0.2) is 5.91 Å². The highest BCUT2D eigenvalue weighted by Gasteiger charge is 2.08. The van der Waals surface area contributed by atoms with E-state index in [4.69, 9.17) is 0 Å². The van der Waals surface area contributed by atoms with Crippen molar-refractivity contribution >= 4 is 34.1 Å². The van der Waals surface area contributed by atoms with E-state index in [-0.39, 0.29) is 11.9 Å². The van der Waals surface area contributed by atoms with Crippen molar-refractivity contribution in [3.05, 3.63) is 76.5 Å². The van der Waals surface area contributed by atoms with Crippen LogP contribution in [-0.2, 0) is 4.79 Å². The van der Waals surface area contributed by atoms with Gasteiger partial charge in [0, 0.05) is 11.0 Å². The molecule has 22 heavy (non-hydrogen) atoms. The molecule has 1 atom stereocenters. The lowest BCUT2D eigenvalue weighted by Gasteiger charge is -2.13. The molecule has 2 nitrogen and oxygen atoms in total. The Bertz CT molecular complexity index is 805. The predicted molar refractivity (Wildman–Crippen MR) is 93.9 cm³/mol. The van der Waals surface area contributed by atoms with Crippen molar-refractivity contribution < 1.29 is 4.79 Å². The number of thiophene rings is 1. The van der Waals surface area contributed by atoms with E-state index < -0.39 is 0 Å². The molecule has 3 heteroatoms. The first-order valence-corrected chi connectivity index (χ1v) is 8.11. The molecular weight excluding hydrogens is 290 g/mol. The average Bonchev–Trinajstić information content (AvgIpc) is 3.06. The fourth-order valence-corrected chi connectivity index (χ4v) is 2.98. The van der Waals surface area contributed by atoms with Crippen molar-refractivity contribution in [1.29, 1.82) is 0 Å². The van der Waals surface area contributed by atoms with Crippen LogP contribution in [0.25, 0.3) is 16.8 Å². The number of hydrogen-bond donors (Lipinski definition) is 1. The molecule has 3 rings (SSSR count). The van der Waals surface area contributed by atoms with Crippen molar-refractivity contribution in [1.82, 2.24) is 5.32 Å². The smallest absolute Gasteiger partial charge is 0.244 e. The third-order valence-electron chi connectivity index (χ3n) is 3.57. The first kappa shape index (κ1) is 14.5. The topological polar surface area (TPSA) is 29.1 Å². The Morgan fingerprint density at radius 2 is 1.91 bits per heavy atom. The van der Waals surface area contributed by atoms with Crippen molar-refractivity contribution in [3.8, 4) is 0 Å². The highest BCUT2D eigenvalue weighted by atomic mass is 32.1. The molecule has 0 fully saturated rings. The van der Waals surface area contributed by atoms with Crippen molar-refractivity contribution in [3.63, 3.8) is 0 Å². The van der Waals surface area contributed by atoms with Gasteiger partial charge >= 0.3 is 0 Å². The van der Waals surface area contributed by atoms with E-state index in [1.165, 1.54) is 10.8 Å². The summed E-state index contributed by atoms with van der Waals surface area (Å²) < 4.78 is 0. The molecule has 1 aromatic heterocycles. The lowest BCUT2D eigenvalue weighted by molar-refractivity contribution is -0.117. The largest absolute Gasteiger partial charge is 0.346 e. The lowest BCUT2D eigenvalue weighted by Crippen LogP contribution is -2.24. The minimum absolute atomic E-state index is 0.0231. The molecule has 110 valence electrons. The molecule has 0 saturated carbocycles. The summed E-state index contributed by atoms with van der Waals surface area (Å²) in [4.78, 5) is 13.1. The first-order valence-electron chi connectivity index (χ1n) is 7.23. The SMILES string of the molecule is CC(NC(=O)/C=C/c1cccs1)c1ccc2ccccc2c1. The summed E-state index contributed by atoms with van der Waals surface area (Å²) in [5.74, 6) is -0.0749. The molecule has 0 radical (unpaired) electrons. The Balaban J connectivity index is 1.69. The van der Waals surface area contributed by atoms with Gasteiger partial charge in [-0.1, -0.05) is 42.5 Å². The molecule has 0 saturated heterocycles. The van der Waals surface area contributed by atoms with E-state index in [1.54, 1.807) is 17.4 Å². The van der Waals surface area contributed by atoms with E-state index in [9.17, 15) is 4.79 Å². The molecule has 0 bridgehead atoms. The highest BCUT2D eigenvalue weighted by Crippen LogP contribution is 2.20. The fraction of sp³-hybridized carbons (Fsp3) is 0.105. The Labute approximate surface area is 134 Å². The van der Waals surface area contributed by atoms with Gasteiger partial charge in [0.1, 0.15) is 0 Å². The van der Waals surface area contributed by atoms with Gasteiger partial charge in [-0.15, -0.1) is 11.3 Å². The zero-order valence-corrected chi connectivity index (χ0v) is 13.1. The Hall–Kier alpha value is -2.39. The molecule has 0 aliphatic carbocycles. The van der Waals surface area contributed by atoms with E-state index in [1.807, 2.05) is 42.6 Å². The molecule has 2 aromatic carbocycles. The van der Waals surface area contributed by atoms with E-state index in [2.05, 4.69) is 35.6 Å². The number of amides is 1. The molecule has 0 aliphatic heterocycles. The van der Waals surface area contributed by atoms with E-state index >= 15 is 0 Å². The Morgan fingerprint density at radius 1 is 1.09 bits per heavy atom. The summed E-state index contributed by atoms with van der Waals surface area (Å²) in [6.07, 6.45) is 3.43. The van der Waals surface area contributed by atoms with Crippen LogP contribution in [0.2, 0.25) is 0 Å². The molecule has 1 N–H and O–H groups in total. The second kappa shape index (κ2) is 6.58. The van der Waals surface area contributed by atoms with Crippen LogP contribution in [0.3, 0.4) is 0 Å². The monoisotopic (exact) mass is 307 g/mol. The molecule has 0 aliphatic rings. The van der Waals surface area contributed by atoms with Crippen LogP contribution >= 0.6 is 11.3 Å². The van der Waals surface area contributed by atoms with Crippen molar-refractivity contribution in [2.24, 2.45) is 0 Å². The number of benzene rings is 2. The maximum atomic E-state index is 12.0. The zero-order chi connectivity index (χ0) is 15.4. The van der Waals surface area contributed by atoms with Gasteiger partial charge in [-0.2, -0.15) is 0 Å². The Kier molecular flexibility index (Phi) is 4.35. The third kappa shape index (κ3) is 3.43. The van der Waals surface area contributed by atoms with Gasteiger partial charge in [-0.25, -0.2) is 0 Å². The third-order valence-corrected chi connectivity index (χ3v) is 4.41. The normalized spacial score (nSPS) is 12.6. The minimum atomic E-state index is -0.0749. The number of fused-ring (bicyclic) bond motifs is 1. The van der Waals surface area contributed by atoms with Crippen molar-refractivity contribution in [2.45, 2.75) is 13.0 Å². The standard InChI is InChI=1S/C19H17NOS/c1-14(20-19(21)11-10-18-7-4-12-22-18)16-9-8-15-5-2-3-6-17(15)13-16/h2-14H,1H3,(H,20,21)/b11-10+. The molecular formula is C19H17NOS. The molecule has 1 unspecified atom stereocenters. The van der Waals surface area contributed by atoms with Gasteiger partial charge in [-0.3, -0.25) is 4.79 Å². The summed E-state index contributed by atoms with van der Waals surface area (Å²) in [6, 6.07) is 18.5. The number of nitrogens with one attached hydrogen (secondary N) is 1. The van der Waals surface area contributed by atoms with Crippen LogP contribution < -0.4 is 5.32 Å². The maximum absolute atomic E-state index is 12.0. The van der Waals surface area contributed by atoms with Crippen molar-refractivity contribution in [2.75, 3.05) is 0 Å². The summed E-state index contributed by atoms with van der Waals surface area (Å²) in [5, 5.41) is 7.40. The Morgan fingerprint density at radius 3 is 2.68 bits per heavy atom. The maximum Gasteiger partial charge on any atom is 0.244 e. The minimum Gasteiger partial charge on any atom is -0.346 e. The summed E-state index contributed by atoms with van der Waals surface area (Å²) in [5.41, 5.74) is 1.11. The van der Waals surface area contributed by atoms with Gasteiger partial charge in [0.05, 0.1) is 6.04 Å². The van der Waals surface area contributed by atoms with Crippen LogP contribution in [0, 0.1) is 0 Å².